The van der Waals surface area contributed by atoms with Crippen molar-refractivity contribution in [1.29, 1.82) is 0 Å². The summed E-state index contributed by atoms with van der Waals surface area (Å²) in [6.45, 7) is 0. The zero-order valence-electron chi connectivity index (χ0n) is 11.6. The summed E-state index contributed by atoms with van der Waals surface area (Å²) in [6.07, 6.45) is 2.06. The smallest absolute Gasteiger partial charge is 0.248 e. The number of benzene rings is 2. The minimum Gasteiger partial charge on any atom is -0.382 e. The second-order valence-electron chi connectivity index (χ2n) is 5.50. The van der Waals surface area contributed by atoms with Gasteiger partial charge in [0.2, 0.25) is 5.91 Å². The van der Waals surface area contributed by atoms with Gasteiger partial charge in [0.1, 0.15) is 5.82 Å². The molecule has 0 saturated heterocycles. The van der Waals surface area contributed by atoms with Gasteiger partial charge in [-0.1, -0.05) is 12.1 Å². The third-order valence-electron chi connectivity index (χ3n) is 4.02. The van der Waals surface area contributed by atoms with E-state index >= 15 is 0 Å². The molecule has 2 aromatic carbocycles. The van der Waals surface area contributed by atoms with Crippen molar-refractivity contribution in [3.63, 3.8) is 0 Å². The van der Waals surface area contributed by atoms with Crippen LogP contribution in [0.2, 0.25) is 0 Å². The molecule has 0 atom stereocenters. The molecule has 3 N–H and O–H groups in total. The lowest BCUT2D eigenvalue weighted by Gasteiger charge is -2.37. The van der Waals surface area contributed by atoms with Crippen LogP contribution in [-0.4, -0.2) is 11.9 Å². The molecular formula is C17H17FN2O. The fourth-order valence-corrected chi connectivity index (χ4v) is 2.71. The Morgan fingerprint density at radius 1 is 1.05 bits per heavy atom. The second kappa shape index (κ2) is 5.56. The van der Waals surface area contributed by atoms with Crippen molar-refractivity contribution in [3.05, 3.63) is 65.5 Å². The number of nitrogens with two attached hydrogens (primary N) is 1. The highest BCUT2D eigenvalue weighted by molar-refractivity contribution is 5.93. The standard InChI is InChI=1S/C17H17FN2O/c18-14-5-1-11(2-6-14)13-9-16(10-13)20-15-7-3-12(4-8-15)17(19)21/h1-8,13,16,20H,9-10H2,(H2,19,21). The molecule has 3 rings (SSSR count). The fourth-order valence-electron chi connectivity index (χ4n) is 2.71. The Bertz CT molecular complexity index is 631. The first-order valence-corrected chi connectivity index (χ1v) is 7.03. The van der Waals surface area contributed by atoms with Gasteiger partial charge in [-0.05, 0) is 60.7 Å². The predicted octanol–water partition coefficient (Wildman–Crippen LogP) is 3.28. The Labute approximate surface area is 123 Å². The Hall–Kier alpha value is -2.36. The highest BCUT2D eigenvalue weighted by Gasteiger charge is 2.30. The molecule has 2 aromatic rings. The van der Waals surface area contributed by atoms with Crippen LogP contribution in [0.1, 0.15) is 34.7 Å². The minimum atomic E-state index is -0.415. The van der Waals surface area contributed by atoms with Gasteiger partial charge in [0.25, 0.3) is 0 Å². The third-order valence-corrected chi connectivity index (χ3v) is 4.02. The van der Waals surface area contributed by atoms with Crippen LogP contribution < -0.4 is 11.1 Å². The Balaban J connectivity index is 1.54. The first kappa shape index (κ1) is 13.6. The number of amides is 1. The normalized spacial score (nSPS) is 20.6. The fraction of sp³-hybridized carbons (Fsp3) is 0.235. The largest absolute Gasteiger partial charge is 0.382 e. The first-order valence-electron chi connectivity index (χ1n) is 7.03. The van der Waals surface area contributed by atoms with Crippen LogP contribution in [0.3, 0.4) is 0 Å². The van der Waals surface area contributed by atoms with Gasteiger partial charge in [-0.25, -0.2) is 4.39 Å². The molecule has 4 heteroatoms. The van der Waals surface area contributed by atoms with E-state index in [1.165, 1.54) is 17.7 Å². The molecule has 0 radical (unpaired) electrons. The average Bonchev–Trinajstić information content (AvgIpc) is 2.44. The number of halogens is 1. The monoisotopic (exact) mass is 284 g/mol. The Kier molecular flexibility index (Phi) is 3.60. The van der Waals surface area contributed by atoms with Gasteiger partial charge in [-0.3, -0.25) is 4.79 Å². The van der Waals surface area contributed by atoms with E-state index in [1.807, 2.05) is 24.3 Å². The lowest BCUT2D eigenvalue weighted by Crippen LogP contribution is -2.34. The van der Waals surface area contributed by atoms with Gasteiger partial charge in [-0.15, -0.1) is 0 Å². The van der Waals surface area contributed by atoms with Crippen LogP contribution in [0, 0.1) is 5.82 Å². The molecule has 1 aliphatic rings. The van der Waals surface area contributed by atoms with Gasteiger partial charge < -0.3 is 11.1 Å². The molecule has 0 aliphatic heterocycles. The number of carbonyl (C=O) groups excluding carboxylic acids is 1. The molecule has 0 unspecified atom stereocenters. The molecule has 1 fully saturated rings. The van der Waals surface area contributed by atoms with Crippen LogP contribution in [0.25, 0.3) is 0 Å². The second-order valence-corrected chi connectivity index (χ2v) is 5.50. The molecular weight excluding hydrogens is 267 g/mol. The van der Waals surface area contributed by atoms with Gasteiger partial charge in [-0.2, -0.15) is 0 Å². The predicted molar refractivity (Wildman–Crippen MR) is 80.7 cm³/mol. The van der Waals surface area contributed by atoms with E-state index in [1.54, 1.807) is 12.1 Å². The van der Waals surface area contributed by atoms with Crippen LogP contribution >= 0.6 is 0 Å². The molecule has 108 valence electrons. The molecule has 21 heavy (non-hydrogen) atoms. The van der Waals surface area contributed by atoms with Gasteiger partial charge in [0, 0.05) is 17.3 Å². The van der Waals surface area contributed by atoms with E-state index in [-0.39, 0.29) is 5.82 Å². The first-order chi connectivity index (χ1) is 10.1. The summed E-state index contributed by atoms with van der Waals surface area (Å²) >= 11 is 0. The van der Waals surface area contributed by atoms with E-state index in [0.717, 1.165) is 18.5 Å². The quantitative estimate of drug-likeness (QED) is 0.905. The maximum atomic E-state index is 12.9. The maximum Gasteiger partial charge on any atom is 0.248 e. The number of anilines is 1. The molecule has 1 aliphatic carbocycles. The van der Waals surface area contributed by atoms with Crippen LogP contribution in [0.5, 0.6) is 0 Å². The van der Waals surface area contributed by atoms with Gasteiger partial charge in [0.05, 0.1) is 0 Å². The maximum absolute atomic E-state index is 12.9. The number of primary amides is 1. The van der Waals surface area contributed by atoms with Crippen LogP contribution in [0.4, 0.5) is 10.1 Å². The van der Waals surface area contributed by atoms with Crippen molar-refractivity contribution in [1.82, 2.24) is 0 Å². The van der Waals surface area contributed by atoms with Crippen LogP contribution in [0.15, 0.2) is 48.5 Å². The number of carbonyl (C=O) groups is 1. The third kappa shape index (κ3) is 3.05. The summed E-state index contributed by atoms with van der Waals surface area (Å²) in [6, 6.07) is 14.3. The summed E-state index contributed by atoms with van der Waals surface area (Å²) in [5.74, 6) is -0.114. The van der Waals surface area contributed by atoms with E-state index in [0.29, 0.717) is 17.5 Å². The van der Waals surface area contributed by atoms with Crippen molar-refractivity contribution in [3.8, 4) is 0 Å². The SMILES string of the molecule is NC(=O)c1ccc(NC2CC(c3ccc(F)cc3)C2)cc1. The van der Waals surface area contributed by atoms with E-state index in [2.05, 4.69) is 5.32 Å². The molecule has 1 amide bonds. The Morgan fingerprint density at radius 3 is 2.24 bits per heavy atom. The van der Waals surface area contributed by atoms with Crippen molar-refractivity contribution in [2.75, 3.05) is 5.32 Å². The average molecular weight is 284 g/mol. The summed E-state index contributed by atoms with van der Waals surface area (Å²) in [7, 11) is 0. The van der Waals surface area contributed by atoms with Crippen molar-refractivity contribution in [2.24, 2.45) is 5.73 Å². The number of hydrogen-bond donors (Lipinski definition) is 2. The van der Waals surface area contributed by atoms with Crippen LogP contribution in [-0.2, 0) is 0 Å². The molecule has 1 saturated carbocycles. The zero-order chi connectivity index (χ0) is 14.8. The summed E-state index contributed by atoms with van der Waals surface area (Å²) in [5.41, 5.74) is 7.90. The zero-order valence-corrected chi connectivity index (χ0v) is 11.6. The Morgan fingerprint density at radius 2 is 1.67 bits per heavy atom. The molecule has 0 spiro atoms. The van der Waals surface area contributed by atoms with Crippen molar-refractivity contribution >= 4 is 11.6 Å². The lowest BCUT2D eigenvalue weighted by atomic mass is 9.76. The highest BCUT2D eigenvalue weighted by atomic mass is 19.1. The van der Waals surface area contributed by atoms with Gasteiger partial charge >= 0.3 is 0 Å². The van der Waals surface area contributed by atoms with E-state index < -0.39 is 5.91 Å². The summed E-state index contributed by atoms with van der Waals surface area (Å²) < 4.78 is 12.9. The van der Waals surface area contributed by atoms with E-state index in [4.69, 9.17) is 5.73 Å². The number of hydrogen-bond acceptors (Lipinski definition) is 2. The number of rotatable bonds is 4. The molecule has 0 heterocycles. The molecule has 0 aromatic heterocycles. The van der Waals surface area contributed by atoms with E-state index in [9.17, 15) is 9.18 Å². The highest BCUT2D eigenvalue weighted by Crippen LogP contribution is 2.38. The topological polar surface area (TPSA) is 55.1 Å². The van der Waals surface area contributed by atoms with Gasteiger partial charge in [0.15, 0.2) is 0 Å². The minimum absolute atomic E-state index is 0.192. The number of nitrogens with one attached hydrogen (secondary N) is 1. The van der Waals surface area contributed by atoms with Crippen molar-refractivity contribution in [2.45, 2.75) is 24.8 Å². The molecule has 3 nitrogen and oxygen atoms in total. The lowest BCUT2D eigenvalue weighted by molar-refractivity contribution is 0.100. The molecule has 0 bridgehead atoms. The van der Waals surface area contributed by atoms with Crippen molar-refractivity contribution < 1.29 is 9.18 Å². The summed E-state index contributed by atoms with van der Waals surface area (Å²) in [4.78, 5) is 11.0. The summed E-state index contributed by atoms with van der Waals surface area (Å²) in [5, 5.41) is 3.43.